The van der Waals surface area contributed by atoms with E-state index in [1.807, 2.05) is 22.9 Å². The molecule has 1 aliphatic rings. The highest BCUT2D eigenvalue weighted by molar-refractivity contribution is 5.92. The molecule has 1 unspecified atom stereocenters. The van der Waals surface area contributed by atoms with Crippen molar-refractivity contribution in [2.45, 2.75) is 32.5 Å². The van der Waals surface area contributed by atoms with E-state index >= 15 is 0 Å². The molecule has 33 heavy (non-hydrogen) atoms. The van der Waals surface area contributed by atoms with Crippen LogP contribution in [-0.4, -0.2) is 45.4 Å². The molecule has 4 rings (SSSR count). The Balaban J connectivity index is 1.58. The second-order valence-electron chi connectivity index (χ2n) is 8.30. The molecule has 1 N–H and O–H groups in total. The molecule has 0 radical (unpaired) electrons. The summed E-state index contributed by atoms with van der Waals surface area (Å²) in [5.41, 5.74) is 1.59. The first-order valence-electron chi connectivity index (χ1n) is 10.9. The number of para-hydroxylation sites is 1. The number of halogens is 2. The van der Waals surface area contributed by atoms with Gasteiger partial charge in [0.25, 0.3) is 0 Å². The average molecular weight is 453 g/mol. The molecule has 3 aromatic rings. The van der Waals surface area contributed by atoms with E-state index < -0.39 is 17.9 Å². The smallest absolute Gasteiger partial charge is 0.322 e. The van der Waals surface area contributed by atoms with Gasteiger partial charge in [0.2, 0.25) is 5.91 Å². The Morgan fingerprint density at radius 2 is 1.85 bits per heavy atom. The van der Waals surface area contributed by atoms with Crippen LogP contribution in [0.5, 0.6) is 0 Å². The molecule has 0 saturated carbocycles. The Labute approximate surface area is 191 Å². The van der Waals surface area contributed by atoms with Crippen LogP contribution in [0.25, 0.3) is 0 Å². The normalized spacial score (nSPS) is 15.3. The van der Waals surface area contributed by atoms with Crippen molar-refractivity contribution in [1.82, 2.24) is 14.4 Å². The molecule has 1 aromatic heterocycles. The van der Waals surface area contributed by atoms with Crippen LogP contribution in [0.1, 0.15) is 31.1 Å². The minimum Gasteiger partial charge on any atom is -0.348 e. The van der Waals surface area contributed by atoms with Gasteiger partial charge in [-0.2, -0.15) is 0 Å². The van der Waals surface area contributed by atoms with Crippen LogP contribution >= 0.6 is 0 Å². The third-order valence-corrected chi connectivity index (χ3v) is 5.83. The first kappa shape index (κ1) is 22.5. The number of amides is 3. The molecule has 0 fully saturated rings. The number of aromatic nitrogens is 1. The maximum atomic E-state index is 14.0. The van der Waals surface area contributed by atoms with Crippen LogP contribution in [0, 0.1) is 11.6 Å². The summed E-state index contributed by atoms with van der Waals surface area (Å²) in [7, 11) is 0. The Hall–Kier alpha value is -3.68. The second-order valence-corrected chi connectivity index (χ2v) is 8.30. The quantitative estimate of drug-likeness (QED) is 0.613. The fourth-order valence-electron chi connectivity index (χ4n) is 4.15. The molecule has 2 heterocycles. The van der Waals surface area contributed by atoms with Crippen molar-refractivity contribution in [1.29, 1.82) is 0 Å². The molecule has 172 valence electrons. The van der Waals surface area contributed by atoms with E-state index in [-0.39, 0.29) is 30.0 Å². The van der Waals surface area contributed by atoms with E-state index in [9.17, 15) is 18.4 Å². The van der Waals surface area contributed by atoms with Gasteiger partial charge in [0, 0.05) is 31.0 Å². The van der Waals surface area contributed by atoms with Crippen LogP contribution in [0.2, 0.25) is 0 Å². The molecular weight excluding hydrogens is 426 g/mol. The molecule has 1 atom stereocenters. The molecule has 2 aromatic carbocycles. The fraction of sp³-hybridized carbons (Fsp3) is 0.280. The summed E-state index contributed by atoms with van der Waals surface area (Å²) in [6.45, 7) is 4.41. The van der Waals surface area contributed by atoms with Gasteiger partial charge in [-0.3, -0.25) is 4.79 Å². The number of hydrogen-bond donors (Lipinski definition) is 1. The highest BCUT2D eigenvalue weighted by Gasteiger charge is 2.34. The van der Waals surface area contributed by atoms with Gasteiger partial charge in [-0.1, -0.05) is 24.3 Å². The maximum absolute atomic E-state index is 14.0. The lowest BCUT2D eigenvalue weighted by molar-refractivity contribution is -0.134. The molecule has 3 amide bonds. The van der Waals surface area contributed by atoms with Gasteiger partial charge in [-0.15, -0.1) is 0 Å². The lowest BCUT2D eigenvalue weighted by Gasteiger charge is -2.39. The standard InChI is InChI=1S/C25H26F2N4O2/c1-17(2)31(25(33)28-21-10-4-3-9-20(21)27)16-23(32)30-14-13-29-12-6-11-22(29)24(30)18-7-5-8-19(26)15-18/h3-12,15,17,24H,13-14,16H2,1-2H3,(H,28,33). The predicted molar refractivity (Wildman–Crippen MR) is 122 cm³/mol. The number of carbonyl (C=O) groups excluding carboxylic acids is 2. The number of nitrogens with zero attached hydrogens (tertiary/aromatic N) is 3. The average Bonchev–Trinajstić information content (AvgIpc) is 3.26. The van der Waals surface area contributed by atoms with Crippen LogP contribution in [0.4, 0.5) is 19.3 Å². The molecule has 8 heteroatoms. The second kappa shape index (κ2) is 9.44. The minimum absolute atomic E-state index is 0.0500. The lowest BCUT2D eigenvalue weighted by Crippen LogP contribution is -2.50. The van der Waals surface area contributed by atoms with Crippen molar-refractivity contribution in [3.05, 3.63) is 89.8 Å². The van der Waals surface area contributed by atoms with E-state index in [2.05, 4.69) is 5.32 Å². The molecule has 0 bridgehead atoms. The topological polar surface area (TPSA) is 57.6 Å². The van der Waals surface area contributed by atoms with Crippen molar-refractivity contribution < 1.29 is 18.4 Å². The van der Waals surface area contributed by atoms with Crippen molar-refractivity contribution in [3.8, 4) is 0 Å². The monoisotopic (exact) mass is 452 g/mol. The van der Waals surface area contributed by atoms with Crippen LogP contribution < -0.4 is 5.32 Å². The summed E-state index contributed by atoms with van der Waals surface area (Å²) >= 11 is 0. The number of hydrogen-bond acceptors (Lipinski definition) is 2. The van der Waals surface area contributed by atoms with Crippen molar-refractivity contribution >= 4 is 17.6 Å². The van der Waals surface area contributed by atoms with Crippen molar-refractivity contribution in [3.63, 3.8) is 0 Å². The third kappa shape index (κ3) is 4.74. The summed E-state index contributed by atoms with van der Waals surface area (Å²) < 4.78 is 30.1. The van der Waals surface area contributed by atoms with Gasteiger partial charge >= 0.3 is 6.03 Å². The predicted octanol–water partition coefficient (Wildman–Crippen LogP) is 4.64. The number of rotatable bonds is 5. The van der Waals surface area contributed by atoms with Crippen molar-refractivity contribution in [2.24, 2.45) is 0 Å². The molecule has 1 aliphatic heterocycles. The van der Waals surface area contributed by atoms with Crippen LogP contribution in [0.15, 0.2) is 66.9 Å². The van der Waals surface area contributed by atoms with Gasteiger partial charge in [0.05, 0.1) is 11.7 Å². The number of urea groups is 1. The molecule has 0 spiro atoms. The zero-order chi connectivity index (χ0) is 23.5. The van der Waals surface area contributed by atoms with E-state index in [0.717, 1.165) is 5.69 Å². The first-order valence-corrected chi connectivity index (χ1v) is 10.9. The summed E-state index contributed by atoms with van der Waals surface area (Å²) in [5.74, 6) is -1.20. The van der Waals surface area contributed by atoms with E-state index in [1.165, 1.54) is 35.2 Å². The number of fused-ring (bicyclic) bond motifs is 1. The van der Waals surface area contributed by atoms with Gasteiger partial charge < -0.3 is 19.7 Å². The Kier molecular flexibility index (Phi) is 6.44. The molecule has 6 nitrogen and oxygen atoms in total. The van der Waals surface area contributed by atoms with E-state index in [1.54, 1.807) is 36.9 Å². The first-order chi connectivity index (χ1) is 15.8. The highest BCUT2D eigenvalue weighted by atomic mass is 19.1. The zero-order valence-electron chi connectivity index (χ0n) is 18.5. The van der Waals surface area contributed by atoms with E-state index in [4.69, 9.17) is 0 Å². The Morgan fingerprint density at radius 1 is 1.06 bits per heavy atom. The largest absolute Gasteiger partial charge is 0.348 e. The molecule has 0 saturated heterocycles. The van der Waals surface area contributed by atoms with Crippen molar-refractivity contribution in [2.75, 3.05) is 18.4 Å². The summed E-state index contributed by atoms with van der Waals surface area (Å²) in [6.07, 6.45) is 1.94. The van der Waals surface area contributed by atoms with Gasteiger partial charge in [0.1, 0.15) is 18.2 Å². The minimum atomic E-state index is -0.564. The maximum Gasteiger partial charge on any atom is 0.322 e. The van der Waals surface area contributed by atoms with Gasteiger partial charge in [-0.25, -0.2) is 13.6 Å². The number of nitrogens with one attached hydrogen (secondary N) is 1. The van der Waals surface area contributed by atoms with Crippen LogP contribution in [0.3, 0.4) is 0 Å². The molecule has 0 aliphatic carbocycles. The fourth-order valence-corrected chi connectivity index (χ4v) is 4.15. The van der Waals surface area contributed by atoms with Gasteiger partial charge in [0.15, 0.2) is 0 Å². The Morgan fingerprint density at radius 3 is 2.58 bits per heavy atom. The van der Waals surface area contributed by atoms with E-state index in [0.29, 0.717) is 18.7 Å². The SMILES string of the molecule is CC(C)N(CC(=O)N1CCn2cccc2C1c1cccc(F)c1)C(=O)Nc1ccccc1F. The highest BCUT2D eigenvalue weighted by Crippen LogP contribution is 2.33. The summed E-state index contributed by atoms with van der Waals surface area (Å²) in [5, 5.41) is 2.55. The summed E-state index contributed by atoms with van der Waals surface area (Å²) in [4.78, 5) is 29.4. The number of benzene rings is 2. The van der Waals surface area contributed by atoms with Crippen LogP contribution in [-0.2, 0) is 11.3 Å². The number of anilines is 1. The summed E-state index contributed by atoms with van der Waals surface area (Å²) in [6, 6.07) is 14.6. The van der Waals surface area contributed by atoms with Gasteiger partial charge in [-0.05, 0) is 55.8 Å². The zero-order valence-corrected chi connectivity index (χ0v) is 18.5. The lowest BCUT2D eigenvalue weighted by atomic mass is 9.99. The third-order valence-electron chi connectivity index (χ3n) is 5.83. The number of carbonyl (C=O) groups is 2. The molecular formula is C25H26F2N4O2. The Bertz CT molecular complexity index is 1160.